The Morgan fingerprint density at radius 3 is 2.09 bits per heavy atom. The van der Waals surface area contributed by atoms with E-state index in [1.54, 1.807) is 7.11 Å². The summed E-state index contributed by atoms with van der Waals surface area (Å²) in [5.41, 5.74) is 8.16. The summed E-state index contributed by atoms with van der Waals surface area (Å²) in [5.74, 6) is 2.49. The lowest BCUT2D eigenvalue weighted by molar-refractivity contribution is 0.0933. The predicted molar refractivity (Wildman–Crippen MR) is 141 cm³/mol. The van der Waals surface area contributed by atoms with Crippen molar-refractivity contribution in [3.05, 3.63) is 46.5 Å². The molecule has 0 saturated carbocycles. The minimum Gasteiger partial charge on any atom is -0.497 e. The van der Waals surface area contributed by atoms with Crippen LogP contribution in [-0.4, -0.2) is 63.4 Å². The molecular formula is C29H41N3O2. The Morgan fingerprint density at radius 2 is 1.47 bits per heavy atom. The summed E-state index contributed by atoms with van der Waals surface area (Å²) in [6.07, 6.45) is 2.66. The summed E-state index contributed by atoms with van der Waals surface area (Å²) >= 11 is 0. The van der Waals surface area contributed by atoms with Crippen LogP contribution in [0.1, 0.15) is 54.9 Å². The lowest BCUT2D eigenvalue weighted by Crippen LogP contribution is -2.47. The van der Waals surface area contributed by atoms with E-state index in [1.165, 1.54) is 59.6 Å². The van der Waals surface area contributed by atoms with Crippen LogP contribution in [0.5, 0.6) is 11.5 Å². The number of fused-ring (bicyclic) bond motifs is 1. The van der Waals surface area contributed by atoms with Crippen LogP contribution in [0, 0.1) is 20.8 Å². The number of hydrogen-bond donors (Lipinski definition) is 0. The molecule has 5 nitrogen and oxygen atoms in total. The molecule has 0 N–H and O–H groups in total. The van der Waals surface area contributed by atoms with E-state index < -0.39 is 0 Å². The fourth-order valence-corrected chi connectivity index (χ4v) is 6.35. The standard InChI is InChI=1S/C29H41N3O2/c1-20-21(2)28-26(25(29(4,5)34-28)19-30-13-7-8-14-30)22(3)27(20)32-17-15-31(16-18-32)23-9-11-24(33-6)12-10-23/h9-12,25H,7-8,13-19H2,1-6H3. The number of likely N-dealkylation sites (tertiary alicyclic amines) is 1. The number of piperazine rings is 1. The Balaban J connectivity index is 1.41. The van der Waals surface area contributed by atoms with Gasteiger partial charge in [0, 0.05) is 55.6 Å². The van der Waals surface area contributed by atoms with Crippen molar-refractivity contribution < 1.29 is 9.47 Å². The Bertz CT molecular complexity index is 1030. The Kier molecular flexibility index (Phi) is 6.18. The zero-order valence-corrected chi connectivity index (χ0v) is 21.9. The smallest absolute Gasteiger partial charge is 0.127 e. The summed E-state index contributed by atoms with van der Waals surface area (Å²) < 4.78 is 12.0. The average molecular weight is 464 g/mol. The SMILES string of the molecule is COc1ccc(N2CCN(c3c(C)c(C)c4c(c3C)C(CN3CCCC3)C(C)(C)O4)CC2)cc1. The van der Waals surface area contributed by atoms with E-state index in [0.29, 0.717) is 5.92 Å². The van der Waals surface area contributed by atoms with Crippen LogP contribution in [0.3, 0.4) is 0 Å². The van der Waals surface area contributed by atoms with E-state index in [2.05, 4.69) is 73.6 Å². The molecule has 3 aliphatic rings. The molecule has 1 unspecified atom stereocenters. The average Bonchev–Trinajstić information content (AvgIpc) is 3.44. The highest BCUT2D eigenvalue weighted by Gasteiger charge is 2.45. The van der Waals surface area contributed by atoms with Gasteiger partial charge < -0.3 is 24.2 Å². The van der Waals surface area contributed by atoms with Crippen LogP contribution >= 0.6 is 0 Å². The monoisotopic (exact) mass is 463 g/mol. The van der Waals surface area contributed by atoms with Crippen LogP contribution in [0.25, 0.3) is 0 Å². The van der Waals surface area contributed by atoms with Gasteiger partial charge in [-0.25, -0.2) is 0 Å². The maximum absolute atomic E-state index is 6.68. The van der Waals surface area contributed by atoms with Crippen molar-refractivity contribution in [2.75, 3.05) is 62.7 Å². The molecule has 2 aromatic rings. The molecule has 184 valence electrons. The molecule has 2 fully saturated rings. The second kappa shape index (κ2) is 8.99. The van der Waals surface area contributed by atoms with Crippen LogP contribution in [0.2, 0.25) is 0 Å². The van der Waals surface area contributed by atoms with Crippen LogP contribution in [0.4, 0.5) is 11.4 Å². The van der Waals surface area contributed by atoms with Gasteiger partial charge in [-0.1, -0.05) is 0 Å². The van der Waals surface area contributed by atoms with Crippen molar-refractivity contribution in [1.29, 1.82) is 0 Å². The first-order chi connectivity index (χ1) is 16.3. The van der Waals surface area contributed by atoms with Crippen LogP contribution in [-0.2, 0) is 0 Å². The lowest BCUT2D eigenvalue weighted by atomic mass is 9.82. The van der Waals surface area contributed by atoms with Gasteiger partial charge in [-0.2, -0.15) is 0 Å². The first kappa shape index (κ1) is 23.3. The fraction of sp³-hybridized carbons (Fsp3) is 0.586. The fourth-order valence-electron chi connectivity index (χ4n) is 6.35. The molecule has 0 aromatic heterocycles. The molecule has 0 amide bonds. The van der Waals surface area contributed by atoms with Gasteiger partial charge in [0.2, 0.25) is 0 Å². The second-order valence-corrected chi connectivity index (χ2v) is 10.9. The maximum atomic E-state index is 6.68. The van der Waals surface area contributed by atoms with Crippen molar-refractivity contribution in [1.82, 2.24) is 4.90 Å². The van der Waals surface area contributed by atoms with E-state index in [4.69, 9.17) is 9.47 Å². The number of anilines is 2. The largest absolute Gasteiger partial charge is 0.497 e. The molecule has 0 bridgehead atoms. The van der Waals surface area contributed by atoms with Gasteiger partial charge in [-0.15, -0.1) is 0 Å². The zero-order valence-electron chi connectivity index (χ0n) is 21.9. The molecule has 1 atom stereocenters. The first-order valence-corrected chi connectivity index (χ1v) is 13.0. The molecule has 2 aromatic carbocycles. The number of nitrogens with zero attached hydrogens (tertiary/aromatic N) is 3. The third-order valence-corrected chi connectivity index (χ3v) is 8.49. The van der Waals surface area contributed by atoms with Gasteiger partial charge in [-0.05, 0) is 102 Å². The van der Waals surface area contributed by atoms with Crippen molar-refractivity contribution in [3.63, 3.8) is 0 Å². The van der Waals surface area contributed by atoms with Crippen molar-refractivity contribution in [3.8, 4) is 11.5 Å². The normalized spacial score (nSPS) is 22.1. The highest BCUT2D eigenvalue weighted by molar-refractivity contribution is 5.71. The summed E-state index contributed by atoms with van der Waals surface area (Å²) in [7, 11) is 1.72. The number of benzene rings is 2. The van der Waals surface area contributed by atoms with Crippen molar-refractivity contribution in [2.45, 2.75) is 59.0 Å². The molecule has 2 saturated heterocycles. The second-order valence-electron chi connectivity index (χ2n) is 10.9. The quantitative estimate of drug-likeness (QED) is 0.600. The van der Waals surface area contributed by atoms with Crippen LogP contribution in [0.15, 0.2) is 24.3 Å². The number of rotatable bonds is 5. The molecule has 0 spiro atoms. The summed E-state index contributed by atoms with van der Waals surface area (Å²) in [5, 5.41) is 0. The summed E-state index contributed by atoms with van der Waals surface area (Å²) in [4.78, 5) is 7.76. The van der Waals surface area contributed by atoms with Gasteiger partial charge in [0.25, 0.3) is 0 Å². The first-order valence-electron chi connectivity index (χ1n) is 13.0. The lowest BCUT2D eigenvalue weighted by Gasteiger charge is -2.39. The minimum absolute atomic E-state index is 0.168. The van der Waals surface area contributed by atoms with E-state index in [0.717, 1.165) is 44.2 Å². The molecular weight excluding hydrogens is 422 g/mol. The Hall–Kier alpha value is -2.40. The van der Waals surface area contributed by atoms with Gasteiger partial charge in [0.15, 0.2) is 0 Å². The maximum Gasteiger partial charge on any atom is 0.127 e. The molecule has 34 heavy (non-hydrogen) atoms. The minimum atomic E-state index is -0.168. The highest BCUT2D eigenvalue weighted by Crippen LogP contribution is 2.52. The Morgan fingerprint density at radius 1 is 0.853 bits per heavy atom. The third kappa shape index (κ3) is 4.02. The van der Waals surface area contributed by atoms with Gasteiger partial charge in [0.05, 0.1) is 7.11 Å². The van der Waals surface area contributed by atoms with Gasteiger partial charge in [0.1, 0.15) is 17.1 Å². The van der Waals surface area contributed by atoms with E-state index >= 15 is 0 Å². The number of ether oxygens (including phenoxy) is 2. The molecule has 5 rings (SSSR count). The van der Waals surface area contributed by atoms with Crippen LogP contribution < -0.4 is 19.3 Å². The van der Waals surface area contributed by atoms with Crippen molar-refractivity contribution in [2.24, 2.45) is 0 Å². The third-order valence-electron chi connectivity index (χ3n) is 8.49. The molecule has 0 radical (unpaired) electrons. The molecule has 0 aliphatic carbocycles. The summed E-state index contributed by atoms with van der Waals surface area (Å²) in [6, 6.07) is 8.46. The van der Waals surface area contributed by atoms with Crippen molar-refractivity contribution >= 4 is 11.4 Å². The number of methoxy groups -OCH3 is 1. The zero-order chi connectivity index (χ0) is 24.0. The van der Waals surface area contributed by atoms with Gasteiger partial charge in [-0.3, -0.25) is 0 Å². The van der Waals surface area contributed by atoms with Gasteiger partial charge >= 0.3 is 0 Å². The molecule has 3 aliphatic heterocycles. The Labute approximate surface area is 205 Å². The molecule has 5 heteroatoms. The van der Waals surface area contributed by atoms with E-state index in [9.17, 15) is 0 Å². The van der Waals surface area contributed by atoms with E-state index in [1.807, 2.05) is 0 Å². The highest BCUT2D eigenvalue weighted by atomic mass is 16.5. The summed E-state index contributed by atoms with van der Waals surface area (Å²) in [6.45, 7) is 19.2. The predicted octanol–water partition coefficient (Wildman–Crippen LogP) is 5.30. The number of hydrogen-bond acceptors (Lipinski definition) is 5. The van der Waals surface area contributed by atoms with E-state index in [-0.39, 0.29) is 5.60 Å². The molecule has 3 heterocycles. The topological polar surface area (TPSA) is 28.2 Å².